The van der Waals surface area contributed by atoms with Crippen LogP contribution in [-0.2, 0) is 6.54 Å². The van der Waals surface area contributed by atoms with Crippen molar-refractivity contribution in [2.24, 2.45) is 0 Å². The number of halogens is 2. The molecule has 2 heterocycles. The van der Waals surface area contributed by atoms with Crippen molar-refractivity contribution in [2.45, 2.75) is 19.5 Å². The highest BCUT2D eigenvalue weighted by Crippen LogP contribution is 2.33. The summed E-state index contributed by atoms with van der Waals surface area (Å²) in [6, 6.07) is 21.7. The van der Waals surface area contributed by atoms with Gasteiger partial charge in [0.1, 0.15) is 5.69 Å². The summed E-state index contributed by atoms with van der Waals surface area (Å²) < 4.78 is 4.17. The fraction of sp³-hybridized carbons (Fsp3) is 0.136. The van der Waals surface area contributed by atoms with Crippen LogP contribution in [0.3, 0.4) is 0 Å². The van der Waals surface area contributed by atoms with E-state index in [9.17, 15) is 4.79 Å². The fourth-order valence-corrected chi connectivity index (χ4v) is 5.06. The van der Waals surface area contributed by atoms with Crippen molar-refractivity contribution in [1.82, 2.24) is 9.88 Å². The zero-order chi connectivity index (χ0) is 19.7. The molecule has 4 rings (SSSR count). The quantitative estimate of drug-likeness (QED) is 0.345. The van der Waals surface area contributed by atoms with Gasteiger partial charge in [-0.2, -0.15) is 0 Å². The summed E-state index contributed by atoms with van der Waals surface area (Å²) in [6.45, 7) is 2.58. The fourth-order valence-electron chi connectivity index (χ4n) is 3.28. The molecule has 0 bridgehead atoms. The smallest absolute Gasteiger partial charge is 0.268 e. The van der Waals surface area contributed by atoms with E-state index in [2.05, 4.69) is 31.9 Å². The summed E-state index contributed by atoms with van der Waals surface area (Å²) in [5, 5.41) is 3.81. The van der Waals surface area contributed by atoms with Crippen LogP contribution in [0.25, 0.3) is 10.2 Å². The predicted octanol–water partition coefficient (Wildman–Crippen LogP) is 6.66. The molecule has 0 fully saturated rings. The molecule has 4 aromatic rings. The number of nitrogens with zero attached hydrogens (tertiary/aromatic N) is 1. The maximum absolute atomic E-state index is 13.1. The van der Waals surface area contributed by atoms with Crippen LogP contribution in [0.4, 0.5) is 0 Å². The molecule has 1 N–H and O–H groups in total. The van der Waals surface area contributed by atoms with Gasteiger partial charge >= 0.3 is 0 Å². The van der Waals surface area contributed by atoms with Crippen LogP contribution in [-0.4, -0.2) is 10.5 Å². The molecular weight excluding hydrogens is 456 g/mol. The molecule has 0 unspecified atom stereocenters. The molecular formula is C22H18BrClN2OS. The molecule has 0 aliphatic rings. The number of hydrogen-bond donors (Lipinski definition) is 1. The Kier molecular flexibility index (Phi) is 5.58. The van der Waals surface area contributed by atoms with Crippen molar-refractivity contribution in [1.29, 1.82) is 0 Å². The van der Waals surface area contributed by atoms with Crippen LogP contribution in [0.15, 0.2) is 70.5 Å². The maximum Gasteiger partial charge on any atom is 0.268 e. The average Bonchev–Trinajstić information content (AvgIpc) is 3.19. The highest BCUT2D eigenvalue weighted by atomic mass is 79.9. The van der Waals surface area contributed by atoms with Gasteiger partial charge in [0.2, 0.25) is 0 Å². The Morgan fingerprint density at radius 2 is 1.93 bits per heavy atom. The molecule has 2 aromatic heterocycles. The number of thiophene rings is 1. The van der Waals surface area contributed by atoms with Gasteiger partial charge in [0.15, 0.2) is 0 Å². The van der Waals surface area contributed by atoms with Crippen molar-refractivity contribution in [3.05, 3.63) is 92.4 Å². The molecule has 3 nitrogen and oxygen atoms in total. The predicted molar refractivity (Wildman–Crippen MR) is 120 cm³/mol. The number of benzene rings is 2. The monoisotopic (exact) mass is 472 g/mol. The van der Waals surface area contributed by atoms with E-state index in [1.54, 1.807) is 11.3 Å². The number of nitrogens with one attached hydrogen (secondary N) is 1. The minimum Gasteiger partial charge on any atom is -0.344 e. The van der Waals surface area contributed by atoms with Gasteiger partial charge in [-0.3, -0.25) is 4.79 Å². The van der Waals surface area contributed by atoms with Crippen LogP contribution in [0.2, 0.25) is 5.02 Å². The van der Waals surface area contributed by atoms with Gasteiger partial charge in [-0.25, -0.2) is 0 Å². The first kappa shape index (κ1) is 19.2. The number of aromatic nitrogens is 1. The zero-order valence-corrected chi connectivity index (χ0v) is 18.3. The molecule has 1 amide bonds. The lowest BCUT2D eigenvalue weighted by molar-refractivity contribution is 0.0931. The Hall–Kier alpha value is -2.08. The lowest BCUT2D eigenvalue weighted by Crippen LogP contribution is -2.28. The Bertz CT molecular complexity index is 1140. The van der Waals surface area contributed by atoms with Crippen LogP contribution in [0.5, 0.6) is 0 Å². The second-order valence-corrected chi connectivity index (χ2v) is 9.55. The number of rotatable bonds is 5. The molecule has 142 valence electrons. The van der Waals surface area contributed by atoms with E-state index in [0.29, 0.717) is 17.3 Å². The Balaban J connectivity index is 1.68. The van der Waals surface area contributed by atoms with Gasteiger partial charge in [0.05, 0.1) is 20.0 Å². The van der Waals surface area contributed by atoms with E-state index >= 15 is 0 Å². The van der Waals surface area contributed by atoms with Gasteiger partial charge in [0.25, 0.3) is 5.91 Å². The molecule has 1 atom stereocenters. The molecule has 0 spiro atoms. The normalized spacial score (nSPS) is 12.2. The summed E-state index contributed by atoms with van der Waals surface area (Å²) in [7, 11) is 0. The zero-order valence-electron chi connectivity index (χ0n) is 15.2. The third-order valence-electron chi connectivity index (χ3n) is 4.67. The van der Waals surface area contributed by atoms with Crippen molar-refractivity contribution in [3.63, 3.8) is 0 Å². The van der Waals surface area contributed by atoms with Gasteiger partial charge in [-0.1, -0.05) is 54.1 Å². The lowest BCUT2D eigenvalue weighted by atomic mass is 10.1. The third-order valence-corrected chi connectivity index (χ3v) is 6.48. The maximum atomic E-state index is 13.1. The van der Waals surface area contributed by atoms with E-state index in [4.69, 9.17) is 11.6 Å². The van der Waals surface area contributed by atoms with Crippen LogP contribution in [0.1, 0.15) is 34.6 Å². The van der Waals surface area contributed by atoms with Gasteiger partial charge in [0, 0.05) is 11.6 Å². The molecule has 0 aliphatic heterocycles. The molecule has 0 saturated heterocycles. The summed E-state index contributed by atoms with van der Waals surface area (Å²) in [5.74, 6) is -0.0853. The Morgan fingerprint density at radius 3 is 2.68 bits per heavy atom. The highest BCUT2D eigenvalue weighted by molar-refractivity contribution is 9.11. The summed E-state index contributed by atoms with van der Waals surface area (Å²) in [6.07, 6.45) is 0. The van der Waals surface area contributed by atoms with E-state index in [-0.39, 0.29) is 11.9 Å². The second kappa shape index (κ2) is 8.11. The van der Waals surface area contributed by atoms with Crippen molar-refractivity contribution >= 4 is 55.0 Å². The van der Waals surface area contributed by atoms with Crippen LogP contribution < -0.4 is 5.32 Å². The first-order valence-electron chi connectivity index (χ1n) is 8.90. The molecule has 6 heteroatoms. The molecule has 0 aliphatic carbocycles. The van der Waals surface area contributed by atoms with Crippen LogP contribution in [0, 0.1) is 0 Å². The average molecular weight is 474 g/mol. The summed E-state index contributed by atoms with van der Waals surface area (Å²) >= 11 is 11.3. The number of carbonyl (C=O) groups excluding carboxylic acids is 1. The summed E-state index contributed by atoms with van der Waals surface area (Å²) in [4.78, 5) is 13.1. The molecule has 0 radical (unpaired) electrons. The van der Waals surface area contributed by atoms with E-state index in [0.717, 1.165) is 25.1 Å². The second-order valence-electron chi connectivity index (χ2n) is 6.65. The van der Waals surface area contributed by atoms with Gasteiger partial charge in [-0.05, 0) is 58.2 Å². The summed E-state index contributed by atoms with van der Waals surface area (Å²) in [5.41, 5.74) is 3.82. The highest BCUT2D eigenvalue weighted by Gasteiger charge is 2.19. The lowest BCUT2D eigenvalue weighted by Gasteiger charge is -2.16. The SMILES string of the molecule is C[C@@H](NC(=O)c1cc2sc(Br)cc2n1Cc1cccc(Cl)c1)c1ccccc1. The van der Waals surface area contributed by atoms with Crippen LogP contribution >= 0.6 is 38.9 Å². The minimum absolute atomic E-state index is 0.0759. The van der Waals surface area contributed by atoms with Gasteiger partial charge in [-0.15, -0.1) is 11.3 Å². The molecule has 28 heavy (non-hydrogen) atoms. The van der Waals surface area contributed by atoms with Crippen molar-refractivity contribution < 1.29 is 4.79 Å². The Morgan fingerprint density at radius 1 is 1.14 bits per heavy atom. The molecule has 2 aromatic carbocycles. The largest absolute Gasteiger partial charge is 0.344 e. The standard InChI is InChI=1S/C22H18BrClN2OS/c1-14(16-7-3-2-4-8-16)25-22(27)19-11-20-18(12-21(23)28-20)26(19)13-15-6-5-9-17(24)10-15/h2-12,14H,13H2,1H3,(H,25,27)/t14-/m1/s1. The van der Waals surface area contributed by atoms with Gasteiger partial charge < -0.3 is 9.88 Å². The van der Waals surface area contributed by atoms with Crippen molar-refractivity contribution in [2.75, 3.05) is 0 Å². The first-order valence-corrected chi connectivity index (χ1v) is 10.9. The Labute approximate surface area is 181 Å². The van der Waals surface area contributed by atoms with E-state index in [1.165, 1.54) is 0 Å². The number of amides is 1. The third kappa shape index (κ3) is 4.02. The topological polar surface area (TPSA) is 34.0 Å². The minimum atomic E-state index is -0.0853. The number of hydrogen-bond acceptors (Lipinski definition) is 2. The first-order chi connectivity index (χ1) is 13.5. The number of carbonyl (C=O) groups is 1. The van der Waals surface area contributed by atoms with E-state index in [1.807, 2.05) is 67.6 Å². The number of fused-ring (bicyclic) bond motifs is 1. The van der Waals surface area contributed by atoms with E-state index < -0.39 is 0 Å². The molecule has 0 saturated carbocycles. The van der Waals surface area contributed by atoms with Crippen molar-refractivity contribution in [3.8, 4) is 0 Å².